The largest absolute Gasteiger partial charge is 0.480 e. The van der Waals surface area contributed by atoms with Gasteiger partial charge in [0.15, 0.2) is 0 Å². The van der Waals surface area contributed by atoms with Crippen molar-refractivity contribution in [3.63, 3.8) is 0 Å². The maximum atomic E-state index is 11.0. The number of aliphatic carboxylic acids is 1. The van der Waals surface area contributed by atoms with E-state index in [2.05, 4.69) is 5.32 Å². The summed E-state index contributed by atoms with van der Waals surface area (Å²) in [6.07, 6.45) is 1.54. The molecule has 5 heteroatoms. The quantitative estimate of drug-likeness (QED) is 0.542. The van der Waals surface area contributed by atoms with Crippen LogP contribution in [0.4, 0.5) is 0 Å². The van der Waals surface area contributed by atoms with Gasteiger partial charge in [-0.15, -0.1) is 0 Å². The Kier molecular flexibility index (Phi) is 1.95. The molecule has 2 rings (SSSR count). The van der Waals surface area contributed by atoms with Crippen LogP contribution in [0.2, 0.25) is 0 Å². The number of nitrogens with zero attached hydrogens (tertiary/aromatic N) is 1. The van der Waals surface area contributed by atoms with Crippen molar-refractivity contribution in [2.24, 2.45) is 0 Å². The first-order valence-corrected chi connectivity index (χ1v) is 4.46. The molecule has 2 saturated heterocycles. The Bertz CT molecular complexity index is 254. The molecule has 2 atom stereocenters. The van der Waals surface area contributed by atoms with Gasteiger partial charge in [-0.2, -0.15) is 0 Å². The van der Waals surface area contributed by atoms with Crippen molar-refractivity contribution in [1.29, 1.82) is 0 Å². The van der Waals surface area contributed by atoms with Crippen molar-refractivity contribution in [3.8, 4) is 0 Å². The fraction of sp³-hybridized carbons (Fsp3) is 0.750. The second-order valence-corrected chi connectivity index (χ2v) is 3.50. The van der Waals surface area contributed by atoms with Gasteiger partial charge >= 0.3 is 5.97 Å². The third kappa shape index (κ3) is 1.29. The van der Waals surface area contributed by atoms with Gasteiger partial charge in [0.25, 0.3) is 0 Å². The summed E-state index contributed by atoms with van der Waals surface area (Å²) in [7, 11) is 0. The summed E-state index contributed by atoms with van der Waals surface area (Å²) in [5, 5.41) is 11.5. The van der Waals surface area contributed by atoms with E-state index in [0.29, 0.717) is 13.0 Å². The lowest BCUT2D eigenvalue weighted by atomic mass is 10.1. The minimum atomic E-state index is -0.808. The third-order valence-corrected chi connectivity index (χ3v) is 2.75. The number of amides is 1. The van der Waals surface area contributed by atoms with Crippen LogP contribution in [-0.4, -0.2) is 47.1 Å². The predicted octanol–water partition coefficient (Wildman–Crippen LogP) is -0.966. The average Bonchev–Trinajstić information content (AvgIpc) is 2.50. The van der Waals surface area contributed by atoms with Crippen LogP contribution in [0, 0.1) is 0 Å². The van der Waals surface area contributed by atoms with Crippen LogP contribution >= 0.6 is 0 Å². The Balaban J connectivity index is 2.05. The van der Waals surface area contributed by atoms with Gasteiger partial charge in [0.2, 0.25) is 5.91 Å². The lowest BCUT2D eigenvalue weighted by molar-refractivity contribution is -0.146. The highest BCUT2D eigenvalue weighted by Crippen LogP contribution is 2.22. The summed E-state index contributed by atoms with van der Waals surface area (Å²) in [5.41, 5.74) is 0. The lowest BCUT2D eigenvalue weighted by Crippen LogP contribution is -2.63. The number of carboxylic acids is 1. The summed E-state index contributed by atoms with van der Waals surface area (Å²) >= 11 is 0. The minimum Gasteiger partial charge on any atom is -0.480 e. The first kappa shape index (κ1) is 8.50. The highest BCUT2D eigenvalue weighted by Gasteiger charge is 2.42. The van der Waals surface area contributed by atoms with E-state index in [-0.39, 0.29) is 11.9 Å². The molecule has 2 N–H and O–H groups in total. The number of likely N-dealkylation sites (tertiary alicyclic amines) is 1. The number of nitrogens with one attached hydrogen (secondary N) is 1. The van der Waals surface area contributed by atoms with Gasteiger partial charge in [-0.1, -0.05) is 0 Å². The topological polar surface area (TPSA) is 69.6 Å². The average molecular weight is 184 g/mol. The second-order valence-electron chi connectivity index (χ2n) is 3.50. The van der Waals surface area contributed by atoms with Crippen LogP contribution in [-0.2, 0) is 9.59 Å². The minimum absolute atomic E-state index is 0.0341. The van der Waals surface area contributed by atoms with E-state index in [0.717, 1.165) is 13.0 Å². The van der Waals surface area contributed by atoms with Gasteiger partial charge < -0.3 is 10.4 Å². The molecule has 2 unspecified atom stereocenters. The maximum absolute atomic E-state index is 11.0. The number of β-lactam (4-membered cyclic amide) rings is 1. The van der Waals surface area contributed by atoms with Gasteiger partial charge in [0.05, 0.1) is 0 Å². The van der Waals surface area contributed by atoms with Crippen LogP contribution < -0.4 is 5.32 Å². The third-order valence-electron chi connectivity index (χ3n) is 2.75. The van der Waals surface area contributed by atoms with Crippen molar-refractivity contribution < 1.29 is 14.7 Å². The second kappa shape index (κ2) is 2.99. The first-order chi connectivity index (χ1) is 6.20. The van der Waals surface area contributed by atoms with E-state index in [1.807, 2.05) is 0 Å². The van der Waals surface area contributed by atoms with Crippen LogP contribution in [0.25, 0.3) is 0 Å². The van der Waals surface area contributed by atoms with Crippen LogP contribution in [0.5, 0.6) is 0 Å². The molecule has 0 spiro atoms. The molecule has 0 saturated carbocycles. The molecule has 0 bridgehead atoms. The Hall–Kier alpha value is -1.10. The molecule has 5 nitrogen and oxygen atoms in total. The molecule has 1 amide bonds. The molecule has 0 aromatic rings. The summed E-state index contributed by atoms with van der Waals surface area (Å²) in [4.78, 5) is 23.6. The SMILES string of the molecule is O=C(O)C1CCCN1C1CNC1=O. The number of hydrogen-bond acceptors (Lipinski definition) is 3. The normalized spacial score (nSPS) is 34.0. The van der Waals surface area contributed by atoms with E-state index < -0.39 is 12.0 Å². The monoisotopic (exact) mass is 184 g/mol. The molecular weight excluding hydrogens is 172 g/mol. The lowest BCUT2D eigenvalue weighted by Gasteiger charge is -2.36. The first-order valence-electron chi connectivity index (χ1n) is 4.46. The fourth-order valence-corrected chi connectivity index (χ4v) is 1.97. The molecule has 0 aliphatic carbocycles. The number of carbonyl (C=O) groups is 2. The zero-order valence-corrected chi connectivity index (χ0v) is 7.19. The predicted molar refractivity (Wildman–Crippen MR) is 44.2 cm³/mol. The van der Waals surface area contributed by atoms with Gasteiger partial charge in [-0.25, -0.2) is 0 Å². The van der Waals surface area contributed by atoms with Gasteiger partial charge in [0, 0.05) is 6.54 Å². The number of rotatable bonds is 2. The highest BCUT2D eigenvalue weighted by atomic mass is 16.4. The summed E-state index contributed by atoms with van der Waals surface area (Å²) in [5.74, 6) is -0.842. The van der Waals surface area contributed by atoms with E-state index in [1.54, 1.807) is 4.90 Å². The van der Waals surface area contributed by atoms with Crippen molar-refractivity contribution in [2.75, 3.05) is 13.1 Å². The molecule has 72 valence electrons. The van der Waals surface area contributed by atoms with Crippen molar-refractivity contribution in [1.82, 2.24) is 10.2 Å². The van der Waals surface area contributed by atoms with E-state index >= 15 is 0 Å². The van der Waals surface area contributed by atoms with E-state index in [1.165, 1.54) is 0 Å². The zero-order chi connectivity index (χ0) is 9.42. The molecule has 0 radical (unpaired) electrons. The summed E-state index contributed by atoms with van der Waals surface area (Å²) < 4.78 is 0. The molecule has 2 aliphatic heterocycles. The number of hydrogen-bond donors (Lipinski definition) is 2. The van der Waals surface area contributed by atoms with Crippen molar-refractivity contribution in [3.05, 3.63) is 0 Å². The van der Waals surface area contributed by atoms with Gasteiger partial charge in [0.1, 0.15) is 12.1 Å². The number of carbonyl (C=O) groups excluding carboxylic acids is 1. The molecule has 13 heavy (non-hydrogen) atoms. The maximum Gasteiger partial charge on any atom is 0.320 e. The Morgan fingerprint density at radius 2 is 2.38 bits per heavy atom. The summed E-state index contributed by atoms with van der Waals surface area (Å²) in [6.45, 7) is 1.33. The standard InChI is InChI=1S/C8H12N2O3/c11-7-6(4-9-7)10-3-1-2-5(10)8(12)13/h5-6H,1-4H2,(H,9,11)(H,12,13). The van der Waals surface area contributed by atoms with Crippen molar-refractivity contribution in [2.45, 2.75) is 24.9 Å². The van der Waals surface area contributed by atoms with E-state index in [4.69, 9.17) is 5.11 Å². The van der Waals surface area contributed by atoms with Crippen LogP contribution in [0.1, 0.15) is 12.8 Å². The fourth-order valence-electron chi connectivity index (χ4n) is 1.97. The van der Waals surface area contributed by atoms with Crippen LogP contribution in [0.15, 0.2) is 0 Å². The molecule has 2 heterocycles. The number of carboxylic acid groups (broad SMARTS) is 1. The van der Waals surface area contributed by atoms with E-state index in [9.17, 15) is 9.59 Å². The highest BCUT2D eigenvalue weighted by molar-refractivity contribution is 5.88. The molecule has 2 aliphatic rings. The Morgan fingerprint density at radius 3 is 2.85 bits per heavy atom. The smallest absolute Gasteiger partial charge is 0.320 e. The molecule has 0 aromatic carbocycles. The van der Waals surface area contributed by atoms with Gasteiger partial charge in [-0.3, -0.25) is 14.5 Å². The molecule has 2 fully saturated rings. The van der Waals surface area contributed by atoms with Crippen LogP contribution in [0.3, 0.4) is 0 Å². The van der Waals surface area contributed by atoms with Gasteiger partial charge in [-0.05, 0) is 19.4 Å². The summed E-state index contributed by atoms with van der Waals surface area (Å²) in [6, 6.07) is -0.639. The Morgan fingerprint density at radius 1 is 1.62 bits per heavy atom. The zero-order valence-electron chi connectivity index (χ0n) is 7.19. The van der Waals surface area contributed by atoms with Crippen molar-refractivity contribution >= 4 is 11.9 Å². The molecular formula is C8H12N2O3. The molecule has 0 aromatic heterocycles. The Labute approximate surface area is 75.7 Å².